The molecule has 0 fully saturated rings. The van der Waals surface area contributed by atoms with Gasteiger partial charge in [0, 0.05) is 6.42 Å². The van der Waals surface area contributed by atoms with Crippen LogP contribution in [0.3, 0.4) is 0 Å². The molecule has 1 aromatic rings. The van der Waals surface area contributed by atoms with Gasteiger partial charge in [-0.2, -0.15) is 8.42 Å². The molecule has 0 aliphatic carbocycles. The summed E-state index contributed by atoms with van der Waals surface area (Å²) in [6, 6.07) is 5.88. The van der Waals surface area contributed by atoms with Crippen molar-refractivity contribution in [3.8, 4) is 0 Å². The van der Waals surface area contributed by atoms with Crippen molar-refractivity contribution in [2.24, 2.45) is 0 Å². The Bertz CT molecular complexity index is 504. The van der Waals surface area contributed by atoms with Crippen LogP contribution in [0.25, 0.3) is 0 Å². The highest BCUT2D eigenvalue weighted by Gasteiger charge is 2.14. The largest absolute Gasteiger partial charge is 0.481 e. The van der Waals surface area contributed by atoms with E-state index in [0.29, 0.717) is 6.42 Å². The standard InChI is InChI=1S/C12H16O5S/c1-2-9(5-8-12(13)14)10-3-6-11(7-4-10)18(15,16)17/h3-4,6-7,9H,2,5,8H2,1H3,(H,13,14)(H,15,16,17). The zero-order valence-corrected chi connectivity index (χ0v) is 10.9. The van der Waals surface area contributed by atoms with Crippen LogP contribution in [0.4, 0.5) is 0 Å². The maximum Gasteiger partial charge on any atom is 0.303 e. The summed E-state index contributed by atoms with van der Waals surface area (Å²) in [7, 11) is -4.17. The third kappa shape index (κ3) is 4.12. The molecule has 0 amide bonds. The molecular weight excluding hydrogens is 256 g/mol. The molecule has 0 saturated heterocycles. The van der Waals surface area contributed by atoms with E-state index in [1.54, 1.807) is 12.1 Å². The summed E-state index contributed by atoms with van der Waals surface area (Å²) >= 11 is 0. The highest BCUT2D eigenvalue weighted by molar-refractivity contribution is 7.85. The average molecular weight is 272 g/mol. The van der Waals surface area contributed by atoms with Gasteiger partial charge < -0.3 is 5.11 Å². The van der Waals surface area contributed by atoms with Crippen molar-refractivity contribution in [3.63, 3.8) is 0 Å². The number of rotatable bonds is 6. The van der Waals surface area contributed by atoms with E-state index >= 15 is 0 Å². The van der Waals surface area contributed by atoms with Gasteiger partial charge in [-0.25, -0.2) is 0 Å². The zero-order chi connectivity index (χ0) is 13.8. The predicted molar refractivity (Wildman–Crippen MR) is 66.2 cm³/mol. The lowest BCUT2D eigenvalue weighted by molar-refractivity contribution is -0.137. The van der Waals surface area contributed by atoms with E-state index in [1.165, 1.54) is 12.1 Å². The Morgan fingerprint density at radius 3 is 2.22 bits per heavy atom. The zero-order valence-electron chi connectivity index (χ0n) is 10.0. The van der Waals surface area contributed by atoms with E-state index in [-0.39, 0.29) is 17.2 Å². The molecule has 100 valence electrons. The molecule has 2 N–H and O–H groups in total. The molecule has 6 heteroatoms. The van der Waals surface area contributed by atoms with Gasteiger partial charge in [0.1, 0.15) is 0 Å². The smallest absolute Gasteiger partial charge is 0.303 e. The molecular formula is C12H16O5S. The summed E-state index contributed by atoms with van der Waals surface area (Å²) in [5.74, 6) is -0.764. The van der Waals surface area contributed by atoms with E-state index < -0.39 is 16.1 Å². The molecule has 1 unspecified atom stereocenters. The summed E-state index contributed by atoms with van der Waals surface area (Å²) < 4.78 is 30.6. The van der Waals surface area contributed by atoms with Gasteiger partial charge in [0.25, 0.3) is 10.1 Å². The fourth-order valence-electron chi connectivity index (χ4n) is 1.82. The lowest BCUT2D eigenvalue weighted by Crippen LogP contribution is -2.03. The Balaban J connectivity index is 2.85. The summed E-state index contributed by atoms with van der Waals surface area (Å²) in [5, 5.41) is 8.64. The summed E-state index contributed by atoms with van der Waals surface area (Å²) in [4.78, 5) is 10.4. The minimum absolute atomic E-state index is 0.0801. The van der Waals surface area contributed by atoms with Gasteiger partial charge in [-0.3, -0.25) is 9.35 Å². The number of carbonyl (C=O) groups is 1. The van der Waals surface area contributed by atoms with Crippen molar-refractivity contribution in [3.05, 3.63) is 29.8 Å². The van der Waals surface area contributed by atoms with Crippen LogP contribution in [-0.4, -0.2) is 24.0 Å². The second-order valence-corrected chi connectivity index (χ2v) is 5.50. The Labute approximate surface area is 106 Å². The molecule has 0 heterocycles. The quantitative estimate of drug-likeness (QED) is 0.775. The monoisotopic (exact) mass is 272 g/mol. The molecule has 1 rings (SSSR count). The highest BCUT2D eigenvalue weighted by atomic mass is 32.2. The maximum atomic E-state index is 10.9. The molecule has 18 heavy (non-hydrogen) atoms. The Hall–Kier alpha value is -1.40. The summed E-state index contributed by atoms with van der Waals surface area (Å²) in [5.41, 5.74) is 0.881. The van der Waals surface area contributed by atoms with E-state index in [0.717, 1.165) is 12.0 Å². The van der Waals surface area contributed by atoms with Crippen LogP contribution in [0.1, 0.15) is 37.7 Å². The normalized spacial score (nSPS) is 13.2. The van der Waals surface area contributed by atoms with Gasteiger partial charge in [-0.15, -0.1) is 0 Å². The minimum atomic E-state index is -4.17. The first-order chi connectivity index (χ1) is 8.34. The predicted octanol–water partition coefficient (Wildman–Crippen LogP) is 2.29. The molecule has 0 aromatic heterocycles. The molecule has 1 aromatic carbocycles. The van der Waals surface area contributed by atoms with Crippen LogP contribution in [0, 0.1) is 0 Å². The molecule has 0 saturated carbocycles. The maximum absolute atomic E-state index is 10.9. The van der Waals surface area contributed by atoms with E-state index in [2.05, 4.69) is 0 Å². The molecule has 0 aliphatic heterocycles. The highest BCUT2D eigenvalue weighted by Crippen LogP contribution is 2.25. The van der Waals surface area contributed by atoms with Crippen LogP contribution < -0.4 is 0 Å². The lowest BCUT2D eigenvalue weighted by atomic mass is 9.92. The topological polar surface area (TPSA) is 91.7 Å². The van der Waals surface area contributed by atoms with Crippen molar-refractivity contribution in [1.82, 2.24) is 0 Å². The number of hydrogen-bond donors (Lipinski definition) is 2. The SMILES string of the molecule is CCC(CCC(=O)O)c1ccc(S(=O)(=O)O)cc1. The van der Waals surface area contributed by atoms with Crippen molar-refractivity contribution in [2.75, 3.05) is 0 Å². The van der Waals surface area contributed by atoms with Crippen molar-refractivity contribution < 1.29 is 22.9 Å². The number of carboxylic acids is 1. The van der Waals surface area contributed by atoms with Gasteiger partial charge in [0.05, 0.1) is 4.90 Å². The third-order valence-electron chi connectivity index (χ3n) is 2.85. The van der Waals surface area contributed by atoms with Gasteiger partial charge in [-0.05, 0) is 36.5 Å². The van der Waals surface area contributed by atoms with Gasteiger partial charge in [-0.1, -0.05) is 19.1 Å². The molecule has 1 atom stereocenters. The second kappa shape index (κ2) is 5.97. The van der Waals surface area contributed by atoms with Crippen LogP contribution >= 0.6 is 0 Å². The molecule has 0 spiro atoms. The van der Waals surface area contributed by atoms with Crippen LogP contribution in [-0.2, 0) is 14.9 Å². The summed E-state index contributed by atoms with van der Waals surface area (Å²) in [6.45, 7) is 1.95. The van der Waals surface area contributed by atoms with Gasteiger partial charge in [0.15, 0.2) is 0 Å². The van der Waals surface area contributed by atoms with Crippen LogP contribution in [0.5, 0.6) is 0 Å². The Morgan fingerprint density at radius 1 is 1.28 bits per heavy atom. The first-order valence-corrected chi connectivity index (χ1v) is 7.08. The van der Waals surface area contributed by atoms with Crippen molar-refractivity contribution >= 4 is 16.1 Å². The molecule has 5 nitrogen and oxygen atoms in total. The molecule has 0 aliphatic rings. The van der Waals surface area contributed by atoms with Crippen LogP contribution in [0.15, 0.2) is 29.2 Å². The number of aliphatic carboxylic acids is 1. The van der Waals surface area contributed by atoms with Crippen LogP contribution in [0.2, 0.25) is 0 Å². The second-order valence-electron chi connectivity index (χ2n) is 4.08. The minimum Gasteiger partial charge on any atom is -0.481 e. The fraction of sp³-hybridized carbons (Fsp3) is 0.417. The first-order valence-electron chi connectivity index (χ1n) is 5.63. The lowest BCUT2D eigenvalue weighted by Gasteiger charge is -2.14. The van der Waals surface area contributed by atoms with E-state index in [1.807, 2.05) is 6.92 Å². The Morgan fingerprint density at radius 2 is 1.83 bits per heavy atom. The van der Waals surface area contributed by atoms with Crippen molar-refractivity contribution in [2.45, 2.75) is 37.0 Å². The van der Waals surface area contributed by atoms with E-state index in [9.17, 15) is 13.2 Å². The third-order valence-corrected chi connectivity index (χ3v) is 3.72. The van der Waals surface area contributed by atoms with E-state index in [4.69, 9.17) is 9.66 Å². The van der Waals surface area contributed by atoms with Crippen molar-refractivity contribution in [1.29, 1.82) is 0 Å². The molecule has 0 radical (unpaired) electrons. The summed E-state index contributed by atoms with van der Waals surface area (Å²) in [6.07, 6.45) is 1.37. The number of carboxylic acid groups (broad SMARTS) is 1. The van der Waals surface area contributed by atoms with Gasteiger partial charge >= 0.3 is 5.97 Å². The molecule has 0 bridgehead atoms. The first kappa shape index (κ1) is 14.7. The van der Waals surface area contributed by atoms with Gasteiger partial charge in [0.2, 0.25) is 0 Å². The number of benzene rings is 1. The fourth-order valence-corrected chi connectivity index (χ4v) is 2.30. The number of hydrogen-bond acceptors (Lipinski definition) is 3. The average Bonchev–Trinajstić information content (AvgIpc) is 2.29. The Kier molecular flexibility index (Phi) is 4.86.